The lowest BCUT2D eigenvalue weighted by molar-refractivity contribution is 0.233. The number of hydrogen-bond acceptors (Lipinski definition) is 4. The molecule has 5 nitrogen and oxygen atoms in total. The average molecular weight is 254 g/mol. The van der Waals surface area contributed by atoms with Gasteiger partial charge in [0.25, 0.3) is 10.0 Å². The van der Waals surface area contributed by atoms with Crippen molar-refractivity contribution < 1.29 is 13.2 Å². The van der Waals surface area contributed by atoms with E-state index in [0.717, 1.165) is 0 Å². The Labute approximate surface area is 100 Å². The highest BCUT2D eigenvalue weighted by Gasteiger charge is 2.30. The Hall–Kier alpha value is -1.40. The van der Waals surface area contributed by atoms with E-state index in [1.807, 2.05) is 0 Å². The van der Waals surface area contributed by atoms with E-state index in [1.54, 1.807) is 32.0 Å². The molecule has 0 saturated heterocycles. The number of benzene rings is 1. The molecule has 1 heterocycles. The average Bonchev–Trinajstić information content (AvgIpc) is 2.48. The summed E-state index contributed by atoms with van der Waals surface area (Å²) in [5.41, 5.74) is 5.73. The topological polar surface area (TPSA) is 81.8 Å². The SMILES string of the molecule is CC(C)(N)COC1=NS(=O)(=O)c2ccccc21. The molecule has 1 aliphatic heterocycles. The molecule has 0 unspecified atom stereocenters. The molecule has 1 aliphatic rings. The maximum Gasteiger partial charge on any atom is 0.286 e. The van der Waals surface area contributed by atoms with Crippen molar-refractivity contribution in [1.29, 1.82) is 0 Å². The van der Waals surface area contributed by atoms with Crippen LogP contribution >= 0.6 is 0 Å². The summed E-state index contributed by atoms with van der Waals surface area (Å²) in [6, 6.07) is 6.58. The molecule has 2 rings (SSSR count). The summed E-state index contributed by atoms with van der Waals surface area (Å²) >= 11 is 0. The van der Waals surface area contributed by atoms with E-state index < -0.39 is 15.6 Å². The van der Waals surface area contributed by atoms with Gasteiger partial charge in [-0.2, -0.15) is 8.42 Å². The minimum absolute atomic E-state index is 0.124. The van der Waals surface area contributed by atoms with Gasteiger partial charge in [-0.25, -0.2) is 0 Å². The minimum atomic E-state index is -3.60. The van der Waals surface area contributed by atoms with Crippen molar-refractivity contribution in [2.45, 2.75) is 24.3 Å². The quantitative estimate of drug-likeness (QED) is 0.849. The van der Waals surface area contributed by atoms with Crippen LogP contribution in [0.1, 0.15) is 19.4 Å². The monoisotopic (exact) mass is 254 g/mol. The van der Waals surface area contributed by atoms with Crippen molar-refractivity contribution in [2.24, 2.45) is 10.1 Å². The molecular formula is C11H14N2O3S. The normalized spacial score (nSPS) is 17.5. The van der Waals surface area contributed by atoms with Gasteiger partial charge in [0.1, 0.15) is 11.5 Å². The summed E-state index contributed by atoms with van der Waals surface area (Å²) < 4.78 is 32.4. The van der Waals surface area contributed by atoms with E-state index in [-0.39, 0.29) is 17.4 Å². The Morgan fingerprint density at radius 3 is 2.65 bits per heavy atom. The van der Waals surface area contributed by atoms with Crippen LogP contribution in [0, 0.1) is 0 Å². The van der Waals surface area contributed by atoms with Gasteiger partial charge in [0.15, 0.2) is 0 Å². The van der Waals surface area contributed by atoms with Crippen LogP contribution in [0.15, 0.2) is 33.6 Å². The minimum Gasteiger partial charge on any atom is -0.475 e. The van der Waals surface area contributed by atoms with Gasteiger partial charge in [0.2, 0.25) is 5.90 Å². The Kier molecular flexibility index (Phi) is 2.71. The second-order valence-electron chi connectivity index (χ2n) is 4.64. The molecule has 0 aliphatic carbocycles. The highest BCUT2D eigenvalue weighted by Crippen LogP contribution is 2.26. The summed E-state index contributed by atoms with van der Waals surface area (Å²) in [6.45, 7) is 3.79. The third-order valence-electron chi connectivity index (χ3n) is 2.18. The lowest BCUT2D eigenvalue weighted by atomic mass is 10.1. The second kappa shape index (κ2) is 3.82. The molecule has 2 N–H and O–H groups in total. The van der Waals surface area contributed by atoms with Crippen molar-refractivity contribution in [3.05, 3.63) is 29.8 Å². The molecule has 1 aromatic carbocycles. The first kappa shape index (κ1) is 12.1. The first-order chi connectivity index (χ1) is 7.80. The van der Waals surface area contributed by atoms with Crippen LogP contribution in [-0.4, -0.2) is 26.5 Å². The van der Waals surface area contributed by atoms with Crippen molar-refractivity contribution in [2.75, 3.05) is 6.61 Å². The molecule has 92 valence electrons. The van der Waals surface area contributed by atoms with E-state index in [2.05, 4.69) is 4.40 Å². The van der Waals surface area contributed by atoms with Crippen LogP contribution in [-0.2, 0) is 14.8 Å². The summed E-state index contributed by atoms with van der Waals surface area (Å²) in [5.74, 6) is 0.124. The number of nitrogens with zero attached hydrogens (tertiary/aromatic N) is 1. The first-order valence-electron chi connectivity index (χ1n) is 5.16. The Balaban J connectivity index is 2.33. The summed E-state index contributed by atoms with van der Waals surface area (Å²) in [5, 5.41) is 0. The third-order valence-corrected chi connectivity index (χ3v) is 3.50. The Morgan fingerprint density at radius 1 is 1.35 bits per heavy atom. The molecule has 0 spiro atoms. The standard InChI is InChI=1S/C11H14N2O3S/c1-11(2,12)7-16-10-8-5-3-4-6-9(8)17(14,15)13-10/h3-6H,7,12H2,1-2H3. The van der Waals surface area contributed by atoms with E-state index in [0.29, 0.717) is 5.56 Å². The van der Waals surface area contributed by atoms with Gasteiger partial charge in [0, 0.05) is 5.54 Å². The molecular weight excluding hydrogens is 240 g/mol. The molecule has 0 bridgehead atoms. The zero-order valence-electron chi connectivity index (χ0n) is 9.67. The van der Waals surface area contributed by atoms with Crippen LogP contribution in [0.25, 0.3) is 0 Å². The number of rotatable bonds is 2. The van der Waals surface area contributed by atoms with Gasteiger partial charge < -0.3 is 10.5 Å². The second-order valence-corrected chi connectivity index (χ2v) is 6.22. The van der Waals surface area contributed by atoms with Crippen molar-refractivity contribution in [1.82, 2.24) is 0 Å². The van der Waals surface area contributed by atoms with Crippen LogP contribution in [0.2, 0.25) is 0 Å². The molecule has 0 saturated carbocycles. The summed E-state index contributed by atoms with van der Waals surface area (Å²) in [6.07, 6.45) is 0. The highest BCUT2D eigenvalue weighted by atomic mass is 32.2. The van der Waals surface area contributed by atoms with Gasteiger partial charge in [-0.1, -0.05) is 12.1 Å². The lowest BCUT2D eigenvalue weighted by Crippen LogP contribution is -2.38. The van der Waals surface area contributed by atoms with E-state index >= 15 is 0 Å². The lowest BCUT2D eigenvalue weighted by Gasteiger charge is -2.18. The smallest absolute Gasteiger partial charge is 0.286 e. The van der Waals surface area contributed by atoms with E-state index in [4.69, 9.17) is 10.5 Å². The molecule has 6 heteroatoms. The molecule has 0 aromatic heterocycles. The fourth-order valence-corrected chi connectivity index (χ4v) is 2.59. The van der Waals surface area contributed by atoms with Gasteiger partial charge in [-0.15, -0.1) is 4.40 Å². The summed E-state index contributed by atoms with van der Waals surface area (Å²) in [7, 11) is -3.60. The van der Waals surface area contributed by atoms with Crippen molar-refractivity contribution in [3.63, 3.8) is 0 Å². The van der Waals surface area contributed by atoms with Crippen molar-refractivity contribution in [3.8, 4) is 0 Å². The highest BCUT2D eigenvalue weighted by molar-refractivity contribution is 7.90. The maximum absolute atomic E-state index is 11.7. The number of ether oxygens (including phenoxy) is 1. The molecule has 0 amide bonds. The number of sulfonamides is 1. The zero-order valence-corrected chi connectivity index (χ0v) is 10.5. The molecule has 17 heavy (non-hydrogen) atoms. The van der Waals surface area contributed by atoms with Crippen LogP contribution < -0.4 is 5.73 Å². The van der Waals surface area contributed by atoms with E-state index in [1.165, 1.54) is 6.07 Å². The largest absolute Gasteiger partial charge is 0.475 e. The molecule has 0 radical (unpaired) electrons. The van der Waals surface area contributed by atoms with Gasteiger partial charge in [-0.05, 0) is 26.0 Å². The maximum atomic E-state index is 11.7. The number of nitrogens with two attached hydrogens (primary N) is 1. The van der Waals surface area contributed by atoms with Crippen LogP contribution in [0.5, 0.6) is 0 Å². The predicted molar refractivity (Wildman–Crippen MR) is 64.4 cm³/mol. The zero-order chi connectivity index (χ0) is 12.7. The molecule has 0 fully saturated rings. The third kappa shape index (κ3) is 2.48. The Bertz CT molecular complexity index is 571. The molecule has 0 atom stereocenters. The van der Waals surface area contributed by atoms with Gasteiger partial charge in [0.05, 0.1) is 5.56 Å². The molecule has 1 aromatic rings. The van der Waals surface area contributed by atoms with Gasteiger partial charge in [-0.3, -0.25) is 0 Å². The summed E-state index contributed by atoms with van der Waals surface area (Å²) in [4.78, 5) is 0.185. The van der Waals surface area contributed by atoms with Crippen LogP contribution in [0.3, 0.4) is 0 Å². The number of hydrogen-bond donors (Lipinski definition) is 1. The fourth-order valence-electron chi connectivity index (χ4n) is 1.43. The van der Waals surface area contributed by atoms with Crippen LogP contribution in [0.4, 0.5) is 0 Å². The first-order valence-corrected chi connectivity index (χ1v) is 6.60. The van der Waals surface area contributed by atoms with Crippen molar-refractivity contribution >= 4 is 15.9 Å². The van der Waals surface area contributed by atoms with E-state index in [9.17, 15) is 8.42 Å². The predicted octanol–water partition coefficient (Wildman–Crippen LogP) is 0.889. The fraction of sp³-hybridized carbons (Fsp3) is 0.364. The van der Waals surface area contributed by atoms with Gasteiger partial charge >= 0.3 is 0 Å². The number of fused-ring (bicyclic) bond motifs is 1. The Morgan fingerprint density at radius 2 is 2.00 bits per heavy atom.